The Hall–Kier alpha value is -0.860. The van der Waals surface area contributed by atoms with Crippen molar-refractivity contribution < 1.29 is 0 Å². The molecule has 3 unspecified atom stereocenters. The highest BCUT2D eigenvalue weighted by Gasteiger charge is 2.35. The Balaban J connectivity index is 1.72. The predicted octanol–water partition coefficient (Wildman–Crippen LogP) is 4.09. The lowest BCUT2D eigenvalue weighted by atomic mass is 9.97. The van der Waals surface area contributed by atoms with Gasteiger partial charge in [-0.25, -0.2) is 0 Å². The van der Waals surface area contributed by atoms with Gasteiger partial charge in [0.05, 0.1) is 0 Å². The van der Waals surface area contributed by atoms with Crippen molar-refractivity contribution in [2.75, 3.05) is 13.1 Å². The molecular weight excluding hydrogens is 256 g/mol. The molecule has 0 spiro atoms. The zero-order valence-corrected chi connectivity index (χ0v) is 13.8. The predicted molar refractivity (Wildman–Crippen MR) is 89.7 cm³/mol. The largest absolute Gasteiger partial charge is 0.312 e. The maximum Gasteiger partial charge on any atom is 0.0323 e. The van der Waals surface area contributed by atoms with E-state index in [9.17, 15) is 0 Å². The molecule has 0 saturated carbocycles. The number of hydrogen-bond acceptors (Lipinski definition) is 2. The van der Waals surface area contributed by atoms with E-state index in [-0.39, 0.29) is 0 Å². The summed E-state index contributed by atoms with van der Waals surface area (Å²) >= 11 is 0. The summed E-state index contributed by atoms with van der Waals surface area (Å²) in [6, 6.07) is 11.3. The van der Waals surface area contributed by atoms with Crippen LogP contribution in [0.15, 0.2) is 24.3 Å². The topological polar surface area (TPSA) is 15.3 Å². The number of rotatable bonds is 4. The van der Waals surface area contributed by atoms with E-state index in [1.807, 2.05) is 0 Å². The van der Waals surface area contributed by atoms with Gasteiger partial charge < -0.3 is 5.32 Å². The Labute approximate surface area is 129 Å². The molecule has 2 nitrogen and oxygen atoms in total. The molecule has 2 saturated heterocycles. The third-order valence-corrected chi connectivity index (χ3v) is 5.49. The van der Waals surface area contributed by atoms with Gasteiger partial charge in [0.15, 0.2) is 0 Å². The van der Waals surface area contributed by atoms with Crippen LogP contribution in [-0.2, 0) is 0 Å². The van der Waals surface area contributed by atoms with Crippen LogP contribution in [-0.4, -0.2) is 30.1 Å². The van der Waals surface area contributed by atoms with Crippen LogP contribution < -0.4 is 5.32 Å². The Kier molecular flexibility index (Phi) is 4.66. The maximum absolute atomic E-state index is 3.72. The molecule has 116 valence electrons. The van der Waals surface area contributed by atoms with Crippen molar-refractivity contribution >= 4 is 0 Å². The molecule has 1 N–H and O–H groups in total. The van der Waals surface area contributed by atoms with Gasteiger partial charge in [0.2, 0.25) is 0 Å². The fourth-order valence-corrected chi connectivity index (χ4v) is 4.12. The van der Waals surface area contributed by atoms with Crippen molar-refractivity contribution in [3.05, 3.63) is 35.4 Å². The van der Waals surface area contributed by atoms with Crippen LogP contribution in [0.1, 0.15) is 69.5 Å². The molecular formula is C19H30N2. The minimum absolute atomic E-state index is 0.543. The number of likely N-dealkylation sites (tertiary alicyclic amines) is 1. The van der Waals surface area contributed by atoms with E-state index in [4.69, 9.17) is 0 Å². The first-order valence-corrected chi connectivity index (χ1v) is 8.76. The molecule has 0 amide bonds. The summed E-state index contributed by atoms with van der Waals surface area (Å²) in [4.78, 5) is 2.74. The quantitative estimate of drug-likeness (QED) is 0.897. The second-order valence-corrected chi connectivity index (χ2v) is 7.15. The highest BCUT2D eigenvalue weighted by Crippen LogP contribution is 2.33. The van der Waals surface area contributed by atoms with E-state index < -0.39 is 0 Å². The van der Waals surface area contributed by atoms with E-state index in [0.29, 0.717) is 12.0 Å². The zero-order chi connectivity index (χ0) is 14.8. The van der Waals surface area contributed by atoms with Gasteiger partial charge in [-0.15, -0.1) is 0 Å². The van der Waals surface area contributed by atoms with Gasteiger partial charge in [0.25, 0.3) is 0 Å². The Morgan fingerprint density at radius 2 is 1.71 bits per heavy atom. The van der Waals surface area contributed by atoms with Crippen molar-refractivity contribution in [3.63, 3.8) is 0 Å². The number of nitrogens with one attached hydrogen (secondary N) is 1. The lowest BCUT2D eigenvalue weighted by Gasteiger charge is -2.34. The highest BCUT2D eigenvalue weighted by atomic mass is 15.2. The average Bonchev–Trinajstić information content (AvgIpc) is 3.17. The third kappa shape index (κ3) is 3.17. The van der Waals surface area contributed by atoms with Crippen LogP contribution in [0.3, 0.4) is 0 Å². The molecule has 2 aliphatic rings. The summed E-state index contributed by atoms with van der Waals surface area (Å²) in [5, 5.41) is 3.72. The Bertz CT molecular complexity index is 445. The van der Waals surface area contributed by atoms with Gasteiger partial charge in [-0.1, -0.05) is 38.1 Å². The van der Waals surface area contributed by atoms with E-state index in [0.717, 1.165) is 12.1 Å². The standard InChI is InChI=1S/C19H30N2/c1-14(2)16-8-10-17(11-9-16)15(3)21-13-5-7-19(21)18-6-4-12-20-18/h8-11,14-15,18-20H,4-7,12-13H2,1-3H3. The normalized spacial score (nSPS) is 28.4. The van der Waals surface area contributed by atoms with Crippen LogP contribution in [0.5, 0.6) is 0 Å². The number of nitrogens with zero attached hydrogens (tertiary/aromatic N) is 1. The van der Waals surface area contributed by atoms with Gasteiger partial charge in [-0.3, -0.25) is 4.90 Å². The zero-order valence-electron chi connectivity index (χ0n) is 13.8. The highest BCUT2D eigenvalue weighted by molar-refractivity contribution is 5.27. The summed E-state index contributed by atoms with van der Waals surface area (Å²) in [7, 11) is 0. The van der Waals surface area contributed by atoms with Crippen molar-refractivity contribution in [2.24, 2.45) is 0 Å². The van der Waals surface area contributed by atoms with Crippen LogP contribution >= 0.6 is 0 Å². The summed E-state index contributed by atoms with van der Waals surface area (Å²) in [5.74, 6) is 0.622. The lowest BCUT2D eigenvalue weighted by molar-refractivity contribution is 0.163. The van der Waals surface area contributed by atoms with Crippen molar-refractivity contribution in [3.8, 4) is 0 Å². The van der Waals surface area contributed by atoms with Gasteiger partial charge in [-0.05, 0) is 62.7 Å². The van der Waals surface area contributed by atoms with Crippen LogP contribution in [0.25, 0.3) is 0 Å². The summed E-state index contributed by atoms with van der Waals surface area (Å²) in [6.45, 7) is 9.39. The molecule has 2 heteroatoms. The van der Waals surface area contributed by atoms with Crippen LogP contribution in [0, 0.1) is 0 Å². The molecule has 0 aliphatic carbocycles. The van der Waals surface area contributed by atoms with Crippen LogP contribution in [0.2, 0.25) is 0 Å². The van der Waals surface area contributed by atoms with Gasteiger partial charge in [0, 0.05) is 18.1 Å². The first-order valence-electron chi connectivity index (χ1n) is 8.76. The summed E-state index contributed by atoms with van der Waals surface area (Å²) < 4.78 is 0. The van der Waals surface area contributed by atoms with E-state index in [1.54, 1.807) is 0 Å². The fourth-order valence-electron chi connectivity index (χ4n) is 4.12. The molecule has 2 aliphatic heterocycles. The number of benzene rings is 1. The number of hydrogen-bond donors (Lipinski definition) is 1. The minimum Gasteiger partial charge on any atom is -0.312 e. The fraction of sp³-hybridized carbons (Fsp3) is 0.684. The summed E-state index contributed by atoms with van der Waals surface area (Å²) in [5.41, 5.74) is 2.92. The van der Waals surface area contributed by atoms with Gasteiger partial charge in [0.1, 0.15) is 0 Å². The minimum atomic E-state index is 0.543. The molecule has 3 rings (SSSR count). The van der Waals surface area contributed by atoms with E-state index >= 15 is 0 Å². The van der Waals surface area contributed by atoms with E-state index in [2.05, 4.69) is 55.3 Å². The molecule has 1 aromatic rings. The summed E-state index contributed by atoms with van der Waals surface area (Å²) in [6.07, 6.45) is 5.44. The second-order valence-electron chi connectivity index (χ2n) is 7.15. The molecule has 0 bridgehead atoms. The average molecular weight is 286 g/mol. The molecule has 1 aromatic carbocycles. The Morgan fingerprint density at radius 1 is 1.00 bits per heavy atom. The van der Waals surface area contributed by atoms with Gasteiger partial charge >= 0.3 is 0 Å². The first-order chi connectivity index (χ1) is 10.2. The maximum atomic E-state index is 3.72. The molecule has 21 heavy (non-hydrogen) atoms. The lowest BCUT2D eigenvalue weighted by Crippen LogP contribution is -2.44. The second kappa shape index (κ2) is 6.50. The van der Waals surface area contributed by atoms with Gasteiger partial charge in [-0.2, -0.15) is 0 Å². The monoisotopic (exact) mass is 286 g/mol. The molecule has 2 fully saturated rings. The van der Waals surface area contributed by atoms with Crippen molar-refractivity contribution in [1.82, 2.24) is 10.2 Å². The molecule has 3 atom stereocenters. The first kappa shape index (κ1) is 15.1. The molecule has 0 radical (unpaired) electrons. The van der Waals surface area contributed by atoms with Crippen molar-refractivity contribution in [1.29, 1.82) is 0 Å². The molecule has 0 aromatic heterocycles. The smallest absolute Gasteiger partial charge is 0.0323 e. The van der Waals surface area contributed by atoms with Crippen molar-refractivity contribution in [2.45, 2.75) is 70.5 Å². The molecule has 2 heterocycles. The Morgan fingerprint density at radius 3 is 2.33 bits per heavy atom. The van der Waals surface area contributed by atoms with Crippen LogP contribution in [0.4, 0.5) is 0 Å². The van der Waals surface area contributed by atoms with E-state index in [1.165, 1.54) is 49.9 Å². The third-order valence-electron chi connectivity index (χ3n) is 5.49. The SMILES string of the molecule is CC(C)c1ccc(C(C)N2CCCC2C2CCCN2)cc1.